The number of ether oxygens (including phenoxy) is 2. The van der Waals surface area contributed by atoms with Gasteiger partial charge in [0.15, 0.2) is 11.5 Å². The maximum atomic E-state index is 12.6. The third-order valence-electron chi connectivity index (χ3n) is 4.91. The molecule has 7 heteroatoms. The van der Waals surface area contributed by atoms with Gasteiger partial charge in [-0.1, -0.05) is 0 Å². The van der Waals surface area contributed by atoms with E-state index in [1.165, 1.54) is 0 Å². The van der Waals surface area contributed by atoms with Crippen molar-refractivity contribution in [3.8, 4) is 11.5 Å². The first kappa shape index (κ1) is 16.8. The molecule has 1 aromatic carbocycles. The van der Waals surface area contributed by atoms with E-state index in [0.717, 1.165) is 30.5 Å². The fourth-order valence-electron chi connectivity index (χ4n) is 3.66. The molecule has 1 fully saturated rings. The maximum Gasteiger partial charge on any atom is 0.258 e. The van der Waals surface area contributed by atoms with Gasteiger partial charge in [0.2, 0.25) is 5.95 Å². The average Bonchev–Trinajstić information content (AvgIpc) is 3.04. The molecular formula is C19H22N4O3. The van der Waals surface area contributed by atoms with Crippen molar-refractivity contribution < 1.29 is 14.3 Å². The highest BCUT2D eigenvalue weighted by Gasteiger charge is 2.33. The number of carbonyl (C=O) groups excluding carboxylic acids is 1. The number of nitrogens with zero attached hydrogens (tertiary/aromatic N) is 2. The number of aromatic nitrogens is 2. The molecule has 0 aliphatic carbocycles. The Hall–Kier alpha value is -2.67. The van der Waals surface area contributed by atoms with Gasteiger partial charge < -0.3 is 14.8 Å². The number of fused-ring (bicyclic) bond motifs is 4. The van der Waals surface area contributed by atoms with Crippen molar-refractivity contribution in [3.63, 3.8) is 0 Å². The molecule has 2 unspecified atom stereocenters. The quantitative estimate of drug-likeness (QED) is 0.858. The lowest BCUT2D eigenvalue weighted by Crippen LogP contribution is -2.33. The van der Waals surface area contributed by atoms with E-state index in [1.54, 1.807) is 25.3 Å². The number of hydrogen-bond donors (Lipinski definition) is 2. The van der Waals surface area contributed by atoms with Crippen LogP contribution in [-0.2, 0) is 6.42 Å². The molecule has 0 spiro atoms. The van der Waals surface area contributed by atoms with E-state index < -0.39 is 0 Å². The van der Waals surface area contributed by atoms with Crippen LogP contribution in [0.15, 0.2) is 24.4 Å². The largest absolute Gasteiger partial charge is 0.493 e. The molecule has 136 valence electrons. The van der Waals surface area contributed by atoms with Gasteiger partial charge in [0.25, 0.3) is 5.91 Å². The van der Waals surface area contributed by atoms with E-state index in [0.29, 0.717) is 41.7 Å². The Labute approximate surface area is 152 Å². The zero-order valence-corrected chi connectivity index (χ0v) is 14.9. The molecule has 1 amide bonds. The molecule has 2 aromatic rings. The smallest absolute Gasteiger partial charge is 0.258 e. The van der Waals surface area contributed by atoms with Crippen molar-refractivity contribution in [2.45, 2.75) is 38.3 Å². The second-order valence-electron chi connectivity index (χ2n) is 6.55. The SMILES string of the molecule is CCOc1ccc(C(=O)Nc2ncc3c(n2)CC2CCC3N2)cc1OC. The molecule has 2 bridgehead atoms. The number of carbonyl (C=O) groups is 1. The Balaban J connectivity index is 1.53. The summed E-state index contributed by atoms with van der Waals surface area (Å²) in [6, 6.07) is 5.92. The van der Waals surface area contributed by atoms with Crippen molar-refractivity contribution in [1.82, 2.24) is 15.3 Å². The van der Waals surface area contributed by atoms with Gasteiger partial charge in [0, 0.05) is 35.8 Å². The van der Waals surface area contributed by atoms with Crippen LogP contribution in [0.5, 0.6) is 11.5 Å². The van der Waals surface area contributed by atoms with Crippen molar-refractivity contribution in [1.29, 1.82) is 0 Å². The first-order valence-electron chi connectivity index (χ1n) is 8.92. The summed E-state index contributed by atoms with van der Waals surface area (Å²) >= 11 is 0. The van der Waals surface area contributed by atoms with Crippen LogP contribution < -0.4 is 20.1 Å². The van der Waals surface area contributed by atoms with Crippen LogP contribution >= 0.6 is 0 Å². The average molecular weight is 354 g/mol. The number of methoxy groups -OCH3 is 1. The third kappa shape index (κ3) is 3.10. The molecule has 2 aliphatic heterocycles. The lowest BCUT2D eigenvalue weighted by atomic mass is 10.0. The molecular weight excluding hydrogens is 332 g/mol. The van der Waals surface area contributed by atoms with Gasteiger partial charge in [-0.05, 0) is 38.0 Å². The van der Waals surface area contributed by atoms with Crippen molar-refractivity contribution in [2.75, 3.05) is 19.0 Å². The van der Waals surface area contributed by atoms with Crippen molar-refractivity contribution in [2.24, 2.45) is 0 Å². The van der Waals surface area contributed by atoms with E-state index in [2.05, 4.69) is 20.6 Å². The minimum Gasteiger partial charge on any atom is -0.493 e. The molecule has 7 nitrogen and oxygen atoms in total. The van der Waals surface area contributed by atoms with Gasteiger partial charge in [0.05, 0.1) is 19.4 Å². The topological polar surface area (TPSA) is 85.4 Å². The van der Waals surface area contributed by atoms with Crippen LogP contribution in [0.1, 0.15) is 47.4 Å². The lowest BCUT2D eigenvalue weighted by Gasteiger charge is -2.23. The van der Waals surface area contributed by atoms with Gasteiger partial charge in [-0.25, -0.2) is 9.97 Å². The summed E-state index contributed by atoms with van der Waals surface area (Å²) < 4.78 is 10.8. The normalized spacial score (nSPS) is 20.4. The Morgan fingerprint density at radius 1 is 1.35 bits per heavy atom. The highest BCUT2D eigenvalue weighted by atomic mass is 16.5. The Bertz CT molecular complexity index is 840. The van der Waals surface area contributed by atoms with E-state index in [1.807, 2.05) is 13.1 Å². The fraction of sp³-hybridized carbons (Fsp3) is 0.421. The Morgan fingerprint density at radius 2 is 2.23 bits per heavy atom. The Morgan fingerprint density at radius 3 is 3.04 bits per heavy atom. The maximum absolute atomic E-state index is 12.6. The highest BCUT2D eigenvalue weighted by Crippen LogP contribution is 2.35. The summed E-state index contributed by atoms with van der Waals surface area (Å²) in [5, 5.41) is 6.35. The number of rotatable bonds is 5. The molecule has 0 radical (unpaired) electrons. The van der Waals surface area contributed by atoms with Gasteiger partial charge in [0.1, 0.15) is 0 Å². The van der Waals surface area contributed by atoms with Crippen molar-refractivity contribution in [3.05, 3.63) is 41.2 Å². The molecule has 3 heterocycles. The van der Waals surface area contributed by atoms with E-state index in [9.17, 15) is 4.79 Å². The number of anilines is 1. The van der Waals surface area contributed by atoms with Crippen LogP contribution in [0.4, 0.5) is 5.95 Å². The lowest BCUT2D eigenvalue weighted by molar-refractivity contribution is 0.102. The zero-order valence-electron chi connectivity index (χ0n) is 14.9. The zero-order chi connectivity index (χ0) is 18.1. The summed E-state index contributed by atoms with van der Waals surface area (Å²) in [6.45, 7) is 2.43. The van der Waals surface area contributed by atoms with E-state index in [-0.39, 0.29) is 5.91 Å². The van der Waals surface area contributed by atoms with Gasteiger partial charge >= 0.3 is 0 Å². The highest BCUT2D eigenvalue weighted by molar-refractivity contribution is 6.03. The molecule has 26 heavy (non-hydrogen) atoms. The molecule has 2 aliphatic rings. The summed E-state index contributed by atoms with van der Waals surface area (Å²) in [6.07, 6.45) is 5.00. The van der Waals surface area contributed by atoms with Crippen LogP contribution in [0.25, 0.3) is 0 Å². The first-order valence-corrected chi connectivity index (χ1v) is 8.92. The van der Waals surface area contributed by atoms with Crippen LogP contribution in [0, 0.1) is 0 Å². The fourth-order valence-corrected chi connectivity index (χ4v) is 3.66. The summed E-state index contributed by atoms with van der Waals surface area (Å²) in [5.74, 6) is 1.19. The van der Waals surface area contributed by atoms with Crippen LogP contribution in [0.3, 0.4) is 0 Å². The second-order valence-corrected chi connectivity index (χ2v) is 6.55. The van der Waals surface area contributed by atoms with Gasteiger partial charge in [-0.15, -0.1) is 0 Å². The van der Waals surface area contributed by atoms with E-state index in [4.69, 9.17) is 9.47 Å². The minimum absolute atomic E-state index is 0.275. The summed E-state index contributed by atoms with van der Waals surface area (Å²) in [5.41, 5.74) is 2.65. The molecule has 4 rings (SSSR count). The Kier molecular flexibility index (Phi) is 4.46. The number of hydrogen-bond acceptors (Lipinski definition) is 6. The van der Waals surface area contributed by atoms with Crippen LogP contribution in [-0.4, -0.2) is 35.6 Å². The number of benzene rings is 1. The third-order valence-corrected chi connectivity index (χ3v) is 4.91. The first-order chi connectivity index (χ1) is 12.7. The summed E-state index contributed by atoms with van der Waals surface area (Å²) in [7, 11) is 1.55. The summed E-state index contributed by atoms with van der Waals surface area (Å²) in [4.78, 5) is 21.5. The molecule has 2 atom stereocenters. The van der Waals surface area contributed by atoms with Gasteiger partial charge in [-0.3, -0.25) is 10.1 Å². The molecule has 0 saturated carbocycles. The van der Waals surface area contributed by atoms with Crippen LogP contribution in [0.2, 0.25) is 0 Å². The predicted molar refractivity (Wildman–Crippen MR) is 96.8 cm³/mol. The predicted octanol–water partition coefficient (Wildman–Crippen LogP) is 2.49. The minimum atomic E-state index is -0.275. The molecule has 2 N–H and O–H groups in total. The van der Waals surface area contributed by atoms with E-state index >= 15 is 0 Å². The second kappa shape index (κ2) is 6.92. The number of nitrogens with one attached hydrogen (secondary N) is 2. The standard InChI is InChI=1S/C19H22N4O3/c1-3-26-16-7-4-11(8-17(16)25-2)18(24)23-19-20-10-13-14-6-5-12(21-14)9-15(13)22-19/h4,7-8,10,12,14,21H,3,5-6,9H2,1-2H3,(H,20,22,23,24). The molecule has 1 saturated heterocycles. The number of amides is 1. The monoisotopic (exact) mass is 354 g/mol. The molecule has 1 aromatic heterocycles. The van der Waals surface area contributed by atoms with Gasteiger partial charge in [-0.2, -0.15) is 0 Å². The van der Waals surface area contributed by atoms with Crippen molar-refractivity contribution >= 4 is 11.9 Å².